The number of rotatable bonds is 2. The molecule has 0 spiro atoms. The molecule has 4 heteroatoms. The molecule has 2 amide bonds. The first-order chi connectivity index (χ1) is 14.7. The molecule has 5 rings (SSSR count). The smallest absolute Gasteiger partial charge is 0.226 e. The van der Waals surface area contributed by atoms with Gasteiger partial charge in [0.05, 0.1) is 11.8 Å². The van der Waals surface area contributed by atoms with Gasteiger partial charge in [0.2, 0.25) is 11.8 Å². The van der Waals surface area contributed by atoms with E-state index < -0.39 is 0 Å². The van der Waals surface area contributed by atoms with Gasteiger partial charge in [-0.3, -0.25) is 9.59 Å². The van der Waals surface area contributed by atoms with Gasteiger partial charge in [0.15, 0.2) is 0 Å². The number of hydrogen-bond acceptors (Lipinski definition) is 2. The van der Waals surface area contributed by atoms with Crippen LogP contribution in [0.1, 0.15) is 74.8 Å². The van der Waals surface area contributed by atoms with E-state index in [1.807, 2.05) is 0 Å². The first kappa shape index (κ1) is 20.1. The van der Waals surface area contributed by atoms with Crippen LogP contribution in [-0.2, 0) is 16.0 Å². The Labute approximate surface area is 181 Å². The van der Waals surface area contributed by atoms with Crippen LogP contribution in [0.2, 0.25) is 0 Å². The van der Waals surface area contributed by atoms with Crippen molar-refractivity contribution in [3.63, 3.8) is 0 Å². The van der Waals surface area contributed by atoms with Crippen molar-refractivity contribution in [1.82, 2.24) is 9.80 Å². The standard InChI is InChI=1S/C26H36N2O2/c29-25(27-15-5-1-6-16-27)23-14-13-21-20-10-4-3-9-19(20)11-12-22(21)24(23)26(30)28-17-7-2-8-18-28/h3-4,9-10,21-24H,1-2,5-8,11-18H2/t21-,22+,23+,24-/m1/s1. The van der Waals surface area contributed by atoms with Gasteiger partial charge in [-0.05, 0) is 87.2 Å². The lowest BCUT2D eigenvalue weighted by Gasteiger charge is -2.47. The highest BCUT2D eigenvalue weighted by Crippen LogP contribution is 2.51. The molecule has 2 aliphatic heterocycles. The molecule has 1 aromatic rings. The Balaban J connectivity index is 1.45. The first-order valence-corrected chi connectivity index (χ1v) is 12.4. The van der Waals surface area contributed by atoms with Crippen LogP contribution in [0.5, 0.6) is 0 Å². The van der Waals surface area contributed by atoms with E-state index >= 15 is 0 Å². The summed E-state index contributed by atoms with van der Waals surface area (Å²) >= 11 is 0. The van der Waals surface area contributed by atoms with Crippen LogP contribution in [0.15, 0.2) is 24.3 Å². The first-order valence-electron chi connectivity index (χ1n) is 12.4. The number of carbonyl (C=O) groups excluding carboxylic acids is 2. The van der Waals surface area contributed by atoms with E-state index in [0.29, 0.717) is 17.7 Å². The molecule has 30 heavy (non-hydrogen) atoms. The maximum absolute atomic E-state index is 13.9. The second kappa shape index (κ2) is 8.72. The number of benzene rings is 1. The van der Waals surface area contributed by atoms with Gasteiger partial charge in [-0.25, -0.2) is 0 Å². The summed E-state index contributed by atoms with van der Waals surface area (Å²) < 4.78 is 0. The van der Waals surface area contributed by atoms with Crippen LogP contribution in [0, 0.1) is 17.8 Å². The number of nitrogens with zero attached hydrogens (tertiary/aromatic N) is 2. The lowest BCUT2D eigenvalue weighted by atomic mass is 9.59. The number of aryl methyl sites for hydroxylation is 1. The summed E-state index contributed by atoms with van der Waals surface area (Å²) in [6.45, 7) is 3.54. The SMILES string of the molecule is O=C([C@@H]1[C@H]2CCc3ccccc3[C@H]2CC[C@@H]1C(=O)N1CCCCC1)N1CCCCC1. The highest BCUT2D eigenvalue weighted by Gasteiger charge is 2.50. The van der Waals surface area contributed by atoms with E-state index in [9.17, 15) is 9.59 Å². The Hall–Kier alpha value is -1.84. The molecule has 0 bridgehead atoms. The molecule has 4 nitrogen and oxygen atoms in total. The second-order valence-corrected chi connectivity index (χ2v) is 9.99. The average Bonchev–Trinajstić information content (AvgIpc) is 2.83. The van der Waals surface area contributed by atoms with E-state index in [1.54, 1.807) is 0 Å². The van der Waals surface area contributed by atoms with Crippen LogP contribution >= 0.6 is 0 Å². The third-order valence-electron chi connectivity index (χ3n) is 8.34. The molecule has 4 atom stereocenters. The number of likely N-dealkylation sites (tertiary alicyclic amines) is 2. The summed E-state index contributed by atoms with van der Waals surface area (Å²) in [5, 5.41) is 0. The average molecular weight is 409 g/mol. The molecule has 2 aliphatic carbocycles. The number of hydrogen-bond donors (Lipinski definition) is 0. The Bertz CT molecular complexity index is 779. The fraction of sp³-hybridized carbons (Fsp3) is 0.692. The van der Waals surface area contributed by atoms with Gasteiger partial charge in [0.25, 0.3) is 0 Å². The molecule has 2 heterocycles. The molecule has 4 aliphatic rings. The van der Waals surface area contributed by atoms with E-state index in [-0.39, 0.29) is 17.7 Å². The summed E-state index contributed by atoms with van der Waals surface area (Å²) in [5.41, 5.74) is 2.91. The molecule has 0 N–H and O–H groups in total. The molecule has 2 saturated heterocycles. The lowest BCUT2D eigenvalue weighted by molar-refractivity contribution is -0.153. The van der Waals surface area contributed by atoms with Gasteiger partial charge in [0.1, 0.15) is 0 Å². The zero-order valence-corrected chi connectivity index (χ0v) is 18.2. The van der Waals surface area contributed by atoms with Crippen molar-refractivity contribution < 1.29 is 9.59 Å². The molecule has 1 saturated carbocycles. The van der Waals surface area contributed by atoms with E-state index in [1.165, 1.54) is 24.0 Å². The molecule has 0 radical (unpaired) electrons. The fourth-order valence-electron chi connectivity index (χ4n) is 6.82. The number of carbonyl (C=O) groups is 2. The molecule has 0 aromatic heterocycles. The minimum Gasteiger partial charge on any atom is -0.342 e. The fourth-order valence-corrected chi connectivity index (χ4v) is 6.82. The number of fused-ring (bicyclic) bond motifs is 3. The zero-order chi connectivity index (χ0) is 20.5. The van der Waals surface area contributed by atoms with Crippen LogP contribution < -0.4 is 0 Å². The maximum atomic E-state index is 13.9. The van der Waals surface area contributed by atoms with Crippen molar-refractivity contribution >= 4 is 11.8 Å². The van der Waals surface area contributed by atoms with Crippen molar-refractivity contribution in [2.24, 2.45) is 17.8 Å². The zero-order valence-electron chi connectivity index (χ0n) is 18.2. The Morgan fingerprint density at radius 1 is 0.733 bits per heavy atom. The van der Waals surface area contributed by atoms with E-state index in [2.05, 4.69) is 34.1 Å². The Morgan fingerprint density at radius 2 is 1.37 bits per heavy atom. The predicted molar refractivity (Wildman–Crippen MR) is 118 cm³/mol. The number of amides is 2. The van der Waals surface area contributed by atoms with Crippen LogP contribution in [-0.4, -0.2) is 47.8 Å². The topological polar surface area (TPSA) is 40.6 Å². The molecule has 3 fully saturated rings. The highest BCUT2D eigenvalue weighted by atomic mass is 16.2. The minimum absolute atomic E-state index is 0.107. The number of piperidine rings is 2. The molecule has 1 aromatic carbocycles. The Kier molecular flexibility index (Phi) is 5.84. The predicted octanol–water partition coefficient (Wildman–Crippen LogP) is 4.38. The van der Waals surface area contributed by atoms with E-state index in [4.69, 9.17) is 0 Å². The van der Waals surface area contributed by atoms with Crippen LogP contribution in [0.3, 0.4) is 0 Å². The van der Waals surface area contributed by atoms with E-state index in [0.717, 1.165) is 77.5 Å². The van der Waals surface area contributed by atoms with Crippen molar-refractivity contribution in [2.75, 3.05) is 26.2 Å². The summed E-state index contributed by atoms with van der Waals surface area (Å²) in [4.78, 5) is 31.7. The van der Waals surface area contributed by atoms with Crippen molar-refractivity contribution in [1.29, 1.82) is 0 Å². The monoisotopic (exact) mass is 408 g/mol. The highest BCUT2D eigenvalue weighted by molar-refractivity contribution is 5.88. The lowest BCUT2D eigenvalue weighted by Crippen LogP contribution is -2.53. The van der Waals surface area contributed by atoms with Crippen LogP contribution in [0.4, 0.5) is 0 Å². The molecule has 0 unspecified atom stereocenters. The molecular weight excluding hydrogens is 372 g/mol. The summed E-state index contributed by atoms with van der Waals surface area (Å²) in [6.07, 6.45) is 10.9. The second-order valence-electron chi connectivity index (χ2n) is 9.99. The summed E-state index contributed by atoms with van der Waals surface area (Å²) in [7, 11) is 0. The summed E-state index contributed by atoms with van der Waals surface area (Å²) in [5.74, 6) is 1.11. The van der Waals surface area contributed by atoms with Gasteiger partial charge in [-0.2, -0.15) is 0 Å². The maximum Gasteiger partial charge on any atom is 0.226 e. The van der Waals surface area contributed by atoms with Gasteiger partial charge >= 0.3 is 0 Å². The van der Waals surface area contributed by atoms with Crippen LogP contribution in [0.25, 0.3) is 0 Å². The van der Waals surface area contributed by atoms with Crippen molar-refractivity contribution in [3.8, 4) is 0 Å². The molecular formula is C26H36N2O2. The summed E-state index contributed by atoms with van der Waals surface area (Å²) in [6, 6.07) is 8.83. The minimum atomic E-state index is -0.121. The van der Waals surface area contributed by atoms with Crippen molar-refractivity contribution in [3.05, 3.63) is 35.4 Å². The molecule has 162 valence electrons. The largest absolute Gasteiger partial charge is 0.342 e. The quantitative estimate of drug-likeness (QED) is 0.728. The van der Waals surface area contributed by atoms with Gasteiger partial charge in [-0.15, -0.1) is 0 Å². The van der Waals surface area contributed by atoms with Gasteiger partial charge in [0, 0.05) is 26.2 Å². The van der Waals surface area contributed by atoms with Gasteiger partial charge < -0.3 is 9.80 Å². The third-order valence-corrected chi connectivity index (χ3v) is 8.34. The van der Waals surface area contributed by atoms with Gasteiger partial charge in [-0.1, -0.05) is 24.3 Å². The van der Waals surface area contributed by atoms with Crippen molar-refractivity contribution in [2.45, 2.75) is 70.1 Å². The Morgan fingerprint density at radius 3 is 2.07 bits per heavy atom. The normalized spacial score (nSPS) is 31.6. The third kappa shape index (κ3) is 3.67.